The maximum absolute atomic E-state index is 5.39. The van der Waals surface area contributed by atoms with Crippen molar-refractivity contribution in [2.24, 2.45) is 5.41 Å². The lowest BCUT2D eigenvalue weighted by Crippen LogP contribution is -2.45. The lowest BCUT2D eigenvalue weighted by atomic mass is 9.75. The maximum Gasteiger partial charge on any atom is 0.168 e. The van der Waals surface area contributed by atoms with Gasteiger partial charge in [0, 0.05) is 19.6 Å². The van der Waals surface area contributed by atoms with Crippen molar-refractivity contribution in [1.29, 1.82) is 0 Å². The maximum atomic E-state index is 5.39. The Balaban J connectivity index is 2.38. The van der Waals surface area contributed by atoms with Crippen molar-refractivity contribution in [3.05, 3.63) is 0 Å². The topological polar surface area (TPSA) is 15.3 Å². The van der Waals surface area contributed by atoms with E-state index in [9.17, 15) is 0 Å². The quantitative estimate of drug-likeness (QED) is 0.765. The van der Waals surface area contributed by atoms with E-state index in [1.807, 2.05) is 0 Å². The van der Waals surface area contributed by atoms with Gasteiger partial charge in [-0.3, -0.25) is 0 Å². The highest BCUT2D eigenvalue weighted by atomic mass is 32.1. The first-order valence-corrected chi connectivity index (χ1v) is 6.88. The summed E-state index contributed by atoms with van der Waals surface area (Å²) in [6.07, 6.45) is 6.32. The minimum absolute atomic E-state index is 0.538. The monoisotopic (exact) mass is 242 g/mol. The van der Waals surface area contributed by atoms with Crippen molar-refractivity contribution in [3.8, 4) is 0 Å². The van der Waals surface area contributed by atoms with E-state index in [1.54, 1.807) is 0 Å². The van der Waals surface area contributed by atoms with Crippen LogP contribution in [0.4, 0.5) is 0 Å². The zero-order valence-corrected chi connectivity index (χ0v) is 12.0. The van der Waals surface area contributed by atoms with Gasteiger partial charge in [-0.2, -0.15) is 0 Å². The molecule has 1 rings (SSSR count). The van der Waals surface area contributed by atoms with Gasteiger partial charge in [-0.25, -0.2) is 0 Å². The van der Waals surface area contributed by atoms with E-state index in [2.05, 4.69) is 38.0 Å². The van der Waals surface area contributed by atoms with Crippen molar-refractivity contribution >= 4 is 17.3 Å². The Labute approximate surface area is 106 Å². The van der Waals surface area contributed by atoms with Gasteiger partial charge in [-0.05, 0) is 49.7 Å². The zero-order valence-electron chi connectivity index (χ0n) is 11.2. The highest BCUT2D eigenvalue weighted by molar-refractivity contribution is 7.80. The van der Waals surface area contributed by atoms with Crippen LogP contribution in [0.15, 0.2) is 0 Å². The molecule has 0 heterocycles. The Morgan fingerprint density at radius 2 is 1.94 bits per heavy atom. The predicted octanol–water partition coefficient (Wildman–Crippen LogP) is 3.17. The van der Waals surface area contributed by atoms with Gasteiger partial charge in [-0.1, -0.05) is 20.8 Å². The van der Waals surface area contributed by atoms with Gasteiger partial charge in [0.15, 0.2) is 5.11 Å². The fourth-order valence-electron chi connectivity index (χ4n) is 2.29. The third-order valence-corrected chi connectivity index (χ3v) is 4.14. The van der Waals surface area contributed by atoms with E-state index in [4.69, 9.17) is 12.2 Å². The molecule has 0 saturated heterocycles. The standard InChI is InChI=1S/C13H26N2S/c1-5-10-14-12(16)15(4)11-6-8-13(2,3)9-7-11/h11H,5-10H2,1-4H3,(H,14,16). The molecule has 0 atom stereocenters. The van der Waals surface area contributed by atoms with Gasteiger partial charge in [-0.15, -0.1) is 0 Å². The molecule has 0 aromatic rings. The summed E-state index contributed by atoms with van der Waals surface area (Å²) in [5.74, 6) is 0. The van der Waals surface area contributed by atoms with Crippen LogP contribution in [0.25, 0.3) is 0 Å². The Hall–Kier alpha value is -0.310. The second-order valence-corrected chi connectivity index (χ2v) is 6.12. The van der Waals surface area contributed by atoms with Crippen molar-refractivity contribution in [3.63, 3.8) is 0 Å². The summed E-state index contributed by atoms with van der Waals surface area (Å²) in [5.41, 5.74) is 0.538. The molecule has 16 heavy (non-hydrogen) atoms. The van der Waals surface area contributed by atoms with Gasteiger partial charge >= 0.3 is 0 Å². The fourth-order valence-corrected chi connectivity index (χ4v) is 2.54. The normalized spacial score (nSPS) is 20.5. The predicted molar refractivity (Wildman–Crippen MR) is 74.7 cm³/mol. The average Bonchev–Trinajstić information content (AvgIpc) is 2.25. The Kier molecular flexibility index (Phi) is 5.03. The Bertz CT molecular complexity index is 228. The van der Waals surface area contributed by atoms with Crippen LogP contribution in [0.3, 0.4) is 0 Å². The Morgan fingerprint density at radius 3 is 2.44 bits per heavy atom. The molecular formula is C13H26N2S. The number of hydrogen-bond acceptors (Lipinski definition) is 1. The number of nitrogens with zero attached hydrogens (tertiary/aromatic N) is 1. The van der Waals surface area contributed by atoms with Crippen LogP contribution in [-0.4, -0.2) is 29.6 Å². The summed E-state index contributed by atoms with van der Waals surface area (Å²) in [6, 6.07) is 0.643. The molecule has 0 aliphatic heterocycles. The molecule has 1 aliphatic rings. The van der Waals surface area contributed by atoms with Crippen LogP contribution >= 0.6 is 12.2 Å². The molecule has 0 amide bonds. The largest absolute Gasteiger partial charge is 0.363 e. The van der Waals surface area contributed by atoms with E-state index < -0.39 is 0 Å². The number of thiocarbonyl (C=S) groups is 1. The summed E-state index contributed by atoms with van der Waals surface area (Å²) in [4.78, 5) is 2.26. The van der Waals surface area contributed by atoms with Crippen LogP contribution in [0, 0.1) is 5.41 Å². The highest BCUT2D eigenvalue weighted by Crippen LogP contribution is 2.36. The molecular weight excluding hydrogens is 216 g/mol. The molecule has 1 saturated carbocycles. The first-order valence-electron chi connectivity index (χ1n) is 6.47. The molecule has 0 unspecified atom stereocenters. The van der Waals surface area contributed by atoms with Crippen LogP contribution < -0.4 is 5.32 Å². The molecule has 0 bridgehead atoms. The number of nitrogens with one attached hydrogen (secondary N) is 1. The van der Waals surface area contributed by atoms with Gasteiger partial charge in [0.2, 0.25) is 0 Å². The Morgan fingerprint density at radius 1 is 1.38 bits per heavy atom. The third-order valence-electron chi connectivity index (χ3n) is 3.70. The summed E-state index contributed by atoms with van der Waals surface area (Å²) < 4.78 is 0. The summed E-state index contributed by atoms with van der Waals surface area (Å²) in [7, 11) is 2.13. The van der Waals surface area contributed by atoms with E-state index in [1.165, 1.54) is 25.7 Å². The van der Waals surface area contributed by atoms with E-state index in [-0.39, 0.29) is 0 Å². The second-order valence-electron chi connectivity index (χ2n) is 5.74. The van der Waals surface area contributed by atoms with Crippen molar-refractivity contribution < 1.29 is 0 Å². The number of rotatable bonds is 3. The fraction of sp³-hybridized carbons (Fsp3) is 0.923. The number of hydrogen-bond donors (Lipinski definition) is 1. The SMILES string of the molecule is CCCNC(=S)N(C)C1CCC(C)(C)CC1. The molecule has 1 aliphatic carbocycles. The summed E-state index contributed by atoms with van der Waals surface area (Å²) in [5, 5.41) is 4.23. The van der Waals surface area contributed by atoms with Gasteiger partial charge in [0.25, 0.3) is 0 Å². The molecule has 1 N–H and O–H groups in total. The van der Waals surface area contributed by atoms with E-state index in [0.717, 1.165) is 18.1 Å². The molecule has 0 aromatic heterocycles. The smallest absolute Gasteiger partial charge is 0.168 e. The summed E-state index contributed by atoms with van der Waals surface area (Å²) >= 11 is 5.39. The van der Waals surface area contributed by atoms with Gasteiger partial charge in [0.05, 0.1) is 0 Å². The van der Waals surface area contributed by atoms with Crippen LogP contribution in [0.5, 0.6) is 0 Å². The molecule has 0 spiro atoms. The highest BCUT2D eigenvalue weighted by Gasteiger charge is 2.29. The lowest BCUT2D eigenvalue weighted by molar-refractivity contribution is 0.168. The van der Waals surface area contributed by atoms with Crippen LogP contribution in [0.2, 0.25) is 0 Å². The first kappa shape index (κ1) is 13.8. The first-order chi connectivity index (χ1) is 7.46. The zero-order chi connectivity index (χ0) is 12.2. The van der Waals surface area contributed by atoms with Crippen LogP contribution in [0.1, 0.15) is 52.9 Å². The second kappa shape index (κ2) is 5.85. The molecule has 3 heteroatoms. The van der Waals surface area contributed by atoms with Crippen LogP contribution in [-0.2, 0) is 0 Å². The van der Waals surface area contributed by atoms with Gasteiger partial charge in [0.1, 0.15) is 0 Å². The van der Waals surface area contributed by atoms with Crippen molar-refractivity contribution in [1.82, 2.24) is 10.2 Å². The third kappa shape index (κ3) is 3.93. The minimum Gasteiger partial charge on any atom is -0.363 e. The van der Waals surface area contributed by atoms with E-state index in [0.29, 0.717) is 11.5 Å². The molecule has 94 valence electrons. The van der Waals surface area contributed by atoms with Crippen molar-refractivity contribution in [2.75, 3.05) is 13.6 Å². The van der Waals surface area contributed by atoms with Gasteiger partial charge < -0.3 is 10.2 Å². The summed E-state index contributed by atoms with van der Waals surface area (Å²) in [6.45, 7) is 7.90. The lowest BCUT2D eigenvalue weighted by Gasteiger charge is -2.39. The molecule has 0 radical (unpaired) electrons. The molecule has 2 nitrogen and oxygen atoms in total. The minimum atomic E-state index is 0.538. The molecule has 1 fully saturated rings. The average molecular weight is 242 g/mol. The molecule has 0 aromatic carbocycles. The van der Waals surface area contributed by atoms with E-state index >= 15 is 0 Å². The van der Waals surface area contributed by atoms with Crippen molar-refractivity contribution in [2.45, 2.75) is 58.9 Å².